The summed E-state index contributed by atoms with van der Waals surface area (Å²) >= 11 is 0. The van der Waals surface area contributed by atoms with Crippen molar-refractivity contribution in [2.45, 2.75) is 204 Å². The van der Waals surface area contributed by atoms with Crippen LogP contribution in [0.2, 0.25) is 0 Å². The highest BCUT2D eigenvalue weighted by Gasteiger charge is 2.51. The van der Waals surface area contributed by atoms with Crippen LogP contribution < -0.4 is 0 Å². The predicted molar refractivity (Wildman–Crippen MR) is 249 cm³/mol. The zero-order valence-electron chi connectivity index (χ0n) is 38.5. The molecule has 8 atom stereocenters. The van der Waals surface area contributed by atoms with Crippen LogP contribution in [0.25, 0.3) is 0 Å². The summed E-state index contributed by atoms with van der Waals surface area (Å²) in [5.41, 5.74) is 0. The molecular formula is C49H81O14P. The van der Waals surface area contributed by atoms with Gasteiger partial charge in [0.1, 0.15) is 43.2 Å². The van der Waals surface area contributed by atoms with Gasteiger partial charge in [0, 0.05) is 19.3 Å². The zero-order chi connectivity index (χ0) is 47.3. The van der Waals surface area contributed by atoms with Gasteiger partial charge < -0.3 is 39.9 Å². The van der Waals surface area contributed by atoms with E-state index >= 15 is 0 Å². The molecule has 0 amide bonds. The first kappa shape index (κ1) is 59.0. The van der Waals surface area contributed by atoms with Crippen molar-refractivity contribution >= 4 is 25.5 Å². The average molecular weight is 925 g/mol. The number of rotatable bonds is 38. The molecule has 0 bridgehead atoms. The number of ether oxygens (including phenoxy) is 2. The summed E-state index contributed by atoms with van der Waals surface area (Å²) in [6.45, 7) is 2.99. The molecule has 0 aliphatic heterocycles. The number of hydrogen-bond acceptors (Lipinski definition) is 13. The summed E-state index contributed by atoms with van der Waals surface area (Å²) < 4.78 is 33.5. The van der Waals surface area contributed by atoms with E-state index in [1.165, 1.54) is 0 Å². The van der Waals surface area contributed by atoms with Gasteiger partial charge in [0.05, 0.1) is 6.61 Å². The van der Waals surface area contributed by atoms with Crippen molar-refractivity contribution in [3.8, 4) is 0 Å². The Bertz CT molecular complexity index is 1460. The first-order valence-corrected chi connectivity index (χ1v) is 25.2. The van der Waals surface area contributed by atoms with E-state index in [0.717, 1.165) is 116 Å². The summed E-state index contributed by atoms with van der Waals surface area (Å²) in [5, 5.41) is 50.2. The molecular weight excluding hydrogens is 843 g/mol. The molecule has 1 fully saturated rings. The Morgan fingerprint density at radius 1 is 0.547 bits per heavy atom. The maximum absolute atomic E-state index is 12.8. The maximum atomic E-state index is 12.8. The van der Waals surface area contributed by atoms with Crippen LogP contribution in [0.15, 0.2) is 72.9 Å². The molecule has 0 spiro atoms. The van der Waals surface area contributed by atoms with Crippen molar-refractivity contribution in [2.75, 3.05) is 13.2 Å². The maximum Gasteiger partial charge on any atom is 0.472 e. The standard InChI is InChI=1S/C49H81O14P/c1-3-5-7-8-9-10-11-12-13-14-15-16-17-18-19-22-26-29-33-37-43(52)62-41(39-61-64(58,59)63-49-47(56)45(54)44(53)46(55)48(49)57)38-60-42(51)36-32-28-25-23-20-21-24-27-31-35-40(50)34-30-6-4-2/h5,7,9-10,12-13,15-16,24,27,31,35,41,44-49,53-57H,3-4,6,8,11,14,17-23,25-26,28-30,32-34,36-39H2,1-2H3,(H,58,59)/b7-5-,10-9-,13-12-,16-15-,27-24-,35-31+/t41-,44?,45-,46+,47-,48-,49?/m1/s1. The van der Waals surface area contributed by atoms with Gasteiger partial charge in [-0.1, -0.05) is 138 Å². The number of ketones is 1. The molecule has 1 rings (SSSR count). The lowest BCUT2D eigenvalue weighted by Gasteiger charge is -2.41. The van der Waals surface area contributed by atoms with E-state index < -0.39 is 75.7 Å². The number of allylic oxidation sites excluding steroid dienone is 12. The zero-order valence-corrected chi connectivity index (χ0v) is 39.4. The second-order valence-corrected chi connectivity index (χ2v) is 17.7. The molecule has 6 N–H and O–H groups in total. The van der Waals surface area contributed by atoms with Crippen LogP contribution >= 0.6 is 7.82 Å². The van der Waals surface area contributed by atoms with Crippen molar-refractivity contribution < 1.29 is 67.9 Å². The van der Waals surface area contributed by atoms with E-state index in [4.69, 9.17) is 18.5 Å². The Morgan fingerprint density at radius 2 is 1.03 bits per heavy atom. The third-order valence-corrected chi connectivity index (χ3v) is 11.5. The fourth-order valence-electron chi connectivity index (χ4n) is 6.67. The third kappa shape index (κ3) is 30.2. The second-order valence-electron chi connectivity index (χ2n) is 16.3. The van der Waals surface area contributed by atoms with Gasteiger partial charge in [-0.2, -0.15) is 0 Å². The Balaban J connectivity index is 2.49. The number of carbonyl (C=O) groups excluding carboxylic acids is 3. The van der Waals surface area contributed by atoms with Gasteiger partial charge in [-0.25, -0.2) is 4.57 Å². The van der Waals surface area contributed by atoms with Crippen molar-refractivity contribution in [1.82, 2.24) is 0 Å². The second kappa shape index (κ2) is 38.1. The molecule has 1 aliphatic carbocycles. The number of phosphoric ester groups is 1. The van der Waals surface area contributed by atoms with Crippen LogP contribution in [0.5, 0.6) is 0 Å². The lowest BCUT2D eigenvalue weighted by atomic mass is 9.85. The Labute approximate surface area is 382 Å². The largest absolute Gasteiger partial charge is 0.472 e. The molecule has 0 aromatic carbocycles. The molecule has 0 saturated heterocycles. The SMILES string of the molecule is CC/C=C\C/C=C\C/C=C\C/C=C\CCCCCCCCC(=O)O[C@H](COC(=O)CCCCCCC/C=C\C=C\C(=O)CCCCC)COP(=O)(O)OC1[C@H](O)[C@H](O)C(O)[C@H](O)[C@H]1O. The van der Waals surface area contributed by atoms with Gasteiger partial charge in [-0.3, -0.25) is 23.4 Å². The number of aliphatic hydroxyl groups is 5. The molecule has 3 unspecified atom stereocenters. The Morgan fingerprint density at radius 3 is 1.61 bits per heavy atom. The summed E-state index contributed by atoms with van der Waals surface area (Å²) in [4.78, 5) is 47.5. The van der Waals surface area contributed by atoms with Crippen molar-refractivity contribution in [2.24, 2.45) is 0 Å². The number of esters is 2. The number of carbonyl (C=O) groups is 3. The summed E-state index contributed by atoms with van der Waals surface area (Å²) in [6.07, 6.45) is 30.7. The molecule has 15 heteroatoms. The van der Waals surface area contributed by atoms with Crippen molar-refractivity contribution in [3.63, 3.8) is 0 Å². The monoisotopic (exact) mass is 925 g/mol. The van der Waals surface area contributed by atoms with E-state index in [1.807, 2.05) is 12.2 Å². The first-order valence-electron chi connectivity index (χ1n) is 23.7. The fraction of sp³-hybridized carbons (Fsp3) is 0.694. The van der Waals surface area contributed by atoms with E-state index in [1.54, 1.807) is 12.2 Å². The Kier molecular flexibility index (Phi) is 35.1. The topological polar surface area (TPSA) is 227 Å². The highest BCUT2D eigenvalue weighted by atomic mass is 31.2. The number of aliphatic hydroxyl groups excluding tert-OH is 5. The minimum Gasteiger partial charge on any atom is -0.462 e. The van der Waals surface area contributed by atoms with Gasteiger partial charge in [0.2, 0.25) is 0 Å². The minimum absolute atomic E-state index is 0.0591. The van der Waals surface area contributed by atoms with Crippen LogP contribution in [0.3, 0.4) is 0 Å². The average Bonchev–Trinajstić information content (AvgIpc) is 3.27. The lowest BCUT2D eigenvalue weighted by Crippen LogP contribution is -2.64. The van der Waals surface area contributed by atoms with E-state index in [9.17, 15) is 49.4 Å². The first-order chi connectivity index (χ1) is 30.8. The van der Waals surface area contributed by atoms with E-state index in [-0.39, 0.29) is 18.6 Å². The number of phosphoric acid groups is 1. The summed E-state index contributed by atoms with van der Waals surface area (Å²) in [6, 6.07) is 0. The number of unbranched alkanes of at least 4 members (excludes halogenated alkanes) is 13. The molecule has 0 heterocycles. The van der Waals surface area contributed by atoms with Crippen LogP contribution in [0.1, 0.15) is 162 Å². The van der Waals surface area contributed by atoms with Gasteiger partial charge in [-0.05, 0) is 76.7 Å². The Hall–Kier alpha value is -3.04. The minimum atomic E-state index is -5.15. The lowest BCUT2D eigenvalue weighted by molar-refractivity contribution is -0.220. The van der Waals surface area contributed by atoms with Crippen LogP contribution in [-0.4, -0.2) is 104 Å². The molecule has 0 aromatic rings. The molecule has 366 valence electrons. The highest BCUT2D eigenvalue weighted by Crippen LogP contribution is 2.47. The highest BCUT2D eigenvalue weighted by molar-refractivity contribution is 7.47. The van der Waals surface area contributed by atoms with Crippen LogP contribution in [0.4, 0.5) is 0 Å². The van der Waals surface area contributed by atoms with E-state index in [2.05, 4.69) is 62.5 Å². The quantitative estimate of drug-likeness (QED) is 0.00851. The van der Waals surface area contributed by atoms with Crippen molar-refractivity contribution in [3.05, 3.63) is 72.9 Å². The third-order valence-electron chi connectivity index (χ3n) is 10.5. The molecule has 0 radical (unpaired) electrons. The smallest absolute Gasteiger partial charge is 0.462 e. The molecule has 0 aromatic heterocycles. The predicted octanol–water partition coefficient (Wildman–Crippen LogP) is 8.68. The normalized spacial score (nSPS) is 22.1. The fourth-order valence-corrected chi connectivity index (χ4v) is 7.64. The van der Waals surface area contributed by atoms with Crippen LogP contribution in [-0.2, 0) is 37.5 Å². The van der Waals surface area contributed by atoms with Gasteiger partial charge in [0.15, 0.2) is 11.9 Å². The molecule has 14 nitrogen and oxygen atoms in total. The molecule has 64 heavy (non-hydrogen) atoms. The molecule has 1 aliphatic rings. The van der Waals surface area contributed by atoms with Gasteiger partial charge in [-0.15, -0.1) is 0 Å². The summed E-state index contributed by atoms with van der Waals surface area (Å²) in [7, 11) is -5.15. The number of hydrogen-bond donors (Lipinski definition) is 6. The van der Waals surface area contributed by atoms with E-state index in [0.29, 0.717) is 19.3 Å². The van der Waals surface area contributed by atoms with Crippen LogP contribution in [0, 0.1) is 0 Å². The van der Waals surface area contributed by atoms with Crippen molar-refractivity contribution in [1.29, 1.82) is 0 Å². The van der Waals surface area contributed by atoms with Gasteiger partial charge in [0.25, 0.3) is 0 Å². The molecule has 1 saturated carbocycles. The van der Waals surface area contributed by atoms with Gasteiger partial charge >= 0.3 is 19.8 Å². The summed E-state index contributed by atoms with van der Waals surface area (Å²) in [5.74, 6) is -1.04.